The second-order valence-corrected chi connectivity index (χ2v) is 5.25. The molecule has 110 valence electrons. The number of nitrogens with zero attached hydrogens (tertiary/aromatic N) is 2. The number of para-hydroxylation sites is 2. The maximum absolute atomic E-state index is 5.87. The molecule has 0 aliphatic carbocycles. The molecule has 4 rings (SSSR count). The van der Waals surface area contributed by atoms with Crippen molar-refractivity contribution in [3.63, 3.8) is 0 Å². The van der Waals surface area contributed by atoms with Gasteiger partial charge in [0.1, 0.15) is 6.61 Å². The molecule has 0 amide bonds. The molecule has 1 aromatic heterocycles. The number of fused-ring (bicyclic) bond motifs is 1. The second kappa shape index (κ2) is 5.35. The molecule has 1 aliphatic heterocycles. The molecule has 0 N–H and O–H groups in total. The van der Waals surface area contributed by atoms with E-state index in [1.807, 2.05) is 36.4 Å². The first kappa shape index (κ1) is 13.2. The molecule has 0 radical (unpaired) electrons. The summed E-state index contributed by atoms with van der Waals surface area (Å²) in [7, 11) is 0. The maximum Gasteiger partial charge on any atom is 0.260 e. The molecular formula is C16H11ClN2O3. The van der Waals surface area contributed by atoms with Gasteiger partial charge in [-0.25, -0.2) is 0 Å². The normalized spacial score (nSPS) is 16.5. The predicted molar refractivity (Wildman–Crippen MR) is 80.1 cm³/mol. The number of halogens is 1. The minimum absolute atomic E-state index is 0.333. The van der Waals surface area contributed by atoms with E-state index >= 15 is 0 Å². The van der Waals surface area contributed by atoms with Crippen molar-refractivity contribution in [3.8, 4) is 23.0 Å². The van der Waals surface area contributed by atoms with Crippen molar-refractivity contribution in [3.05, 3.63) is 59.4 Å². The summed E-state index contributed by atoms with van der Waals surface area (Å²) in [6.45, 7) is 0.333. The van der Waals surface area contributed by atoms with Crippen molar-refractivity contribution in [1.82, 2.24) is 10.2 Å². The van der Waals surface area contributed by atoms with E-state index in [9.17, 15) is 0 Å². The van der Waals surface area contributed by atoms with Crippen LogP contribution in [-0.4, -0.2) is 16.8 Å². The lowest BCUT2D eigenvalue weighted by atomic mass is 10.2. The Morgan fingerprint density at radius 1 is 0.955 bits per heavy atom. The van der Waals surface area contributed by atoms with Crippen molar-refractivity contribution in [1.29, 1.82) is 0 Å². The third kappa shape index (κ3) is 2.40. The molecule has 2 heterocycles. The summed E-state index contributed by atoms with van der Waals surface area (Å²) in [6.07, 6.45) is -0.413. The van der Waals surface area contributed by atoms with E-state index in [0.29, 0.717) is 29.2 Å². The summed E-state index contributed by atoms with van der Waals surface area (Å²) in [4.78, 5) is 0. The Hall–Kier alpha value is -2.53. The highest BCUT2D eigenvalue weighted by Crippen LogP contribution is 2.36. The van der Waals surface area contributed by atoms with E-state index in [1.54, 1.807) is 12.1 Å². The molecule has 5 nitrogen and oxygen atoms in total. The summed E-state index contributed by atoms with van der Waals surface area (Å²) in [5.41, 5.74) is 0.806. The van der Waals surface area contributed by atoms with Crippen molar-refractivity contribution in [2.45, 2.75) is 6.10 Å². The van der Waals surface area contributed by atoms with Crippen LogP contribution in [0.15, 0.2) is 52.9 Å². The van der Waals surface area contributed by atoms with Gasteiger partial charge in [-0.3, -0.25) is 0 Å². The summed E-state index contributed by atoms with van der Waals surface area (Å²) >= 11 is 5.87. The molecule has 0 spiro atoms. The first-order valence-corrected chi connectivity index (χ1v) is 7.15. The van der Waals surface area contributed by atoms with Crippen molar-refractivity contribution < 1.29 is 13.9 Å². The van der Waals surface area contributed by atoms with Gasteiger partial charge in [0.05, 0.1) is 0 Å². The molecule has 6 heteroatoms. The summed E-state index contributed by atoms with van der Waals surface area (Å²) < 4.78 is 17.2. The number of ether oxygens (including phenoxy) is 2. The number of aromatic nitrogens is 2. The fraction of sp³-hybridized carbons (Fsp3) is 0.125. The lowest BCUT2D eigenvalue weighted by Crippen LogP contribution is -2.21. The first-order chi connectivity index (χ1) is 10.8. The van der Waals surface area contributed by atoms with Crippen LogP contribution >= 0.6 is 11.6 Å². The van der Waals surface area contributed by atoms with Crippen LogP contribution in [0.2, 0.25) is 5.02 Å². The minimum Gasteiger partial charge on any atom is -0.485 e. The molecule has 3 aromatic rings. The summed E-state index contributed by atoms with van der Waals surface area (Å²) in [5, 5.41) is 8.77. The van der Waals surface area contributed by atoms with Gasteiger partial charge in [-0.05, 0) is 36.4 Å². The summed E-state index contributed by atoms with van der Waals surface area (Å²) in [6, 6.07) is 14.7. The van der Waals surface area contributed by atoms with Gasteiger partial charge in [0, 0.05) is 10.6 Å². The quantitative estimate of drug-likeness (QED) is 0.718. The zero-order chi connectivity index (χ0) is 14.9. The standard InChI is InChI=1S/C16H11ClN2O3/c17-11-7-5-10(6-8-11)15-18-19-16(22-15)14-9-20-12-3-1-2-4-13(12)21-14/h1-8,14H,9H2. The highest BCUT2D eigenvalue weighted by Gasteiger charge is 2.27. The van der Waals surface area contributed by atoms with Gasteiger partial charge in [-0.2, -0.15) is 0 Å². The first-order valence-electron chi connectivity index (χ1n) is 6.77. The van der Waals surface area contributed by atoms with E-state index in [0.717, 1.165) is 11.3 Å². The molecule has 1 atom stereocenters. The van der Waals surface area contributed by atoms with Crippen LogP contribution in [0.4, 0.5) is 0 Å². The Balaban J connectivity index is 1.59. The topological polar surface area (TPSA) is 57.4 Å². The highest BCUT2D eigenvalue weighted by atomic mass is 35.5. The van der Waals surface area contributed by atoms with E-state index in [4.69, 9.17) is 25.5 Å². The average Bonchev–Trinajstić information content (AvgIpc) is 3.05. The van der Waals surface area contributed by atoms with E-state index < -0.39 is 6.10 Å². The van der Waals surface area contributed by atoms with Gasteiger partial charge < -0.3 is 13.9 Å². The van der Waals surface area contributed by atoms with Gasteiger partial charge in [0.2, 0.25) is 12.0 Å². The fourth-order valence-corrected chi connectivity index (χ4v) is 2.34. The van der Waals surface area contributed by atoms with Crippen LogP contribution in [0, 0.1) is 0 Å². The molecule has 22 heavy (non-hydrogen) atoms. The lowest BCUT2D eigenvalue weighted by molar-refractivity contribution is 0.0716. The smallest absolute Gasteiger partial charge is 0.260 e. The predicted octanol–water partition coefficient (Wildman–Crippen LogP) is 3.90. The van der Waals surface area contributed by atoms with Gasteiger partial charge in [-0.1, -0.05) is 23.7 Å². The molecule has 1 aliphatic rings. The van der Waals surface area contributed by atoms with Crippen molar-refractivity contribution >= 4 is 11.6 Å². The zero-order valence-corrected chi connectivity index (χ0v) is 12.2. The number of benzene rings is 2. The highest BCUT2D eigenvalue weighted by molar-refractivity contribution is 6.30. The van der Waals surface area contributed by atoms with E-state index in [1.165, 1.54) is 0 Å². The molecule has 0 bridgehead atoms. The zero-order valence-electron chi connectivity index (χ0n) is 11.4. The lowest BCUT2D eigenvalue weighted by Gasteiger charge is -2.23. The largest absolute Gasteiger partial charge is 0.485 e. The number of rotatable bonds is 2. The average molecular weight is 315 g/mol. The van der Waals surface area contributed by atoms with Crippen molar-refractivity contribution in [2.24, 2.45) is 0 Å². The number of hydrogen-bond donors (Lipinski definition) is 0. The monoisotopic (exact) mass is 314 g/mol. The fourth-order valence-electron chi connectivity index (χ4n) is 2.22. The van der Waals surface area contributed by atoms with Crippen molar-refractivity contribution in [2.75, 3.05) is 6.61 Å². The van der Waals surface area contributed by atoms with Gasteiger partial charge in [-0.15, -0.1) is 10.2 Å². The Bertz CT molecular complexity index is 801. The Labute approximate surface area is 131 Å². The SMILES string of the molecule is Clc1ccc(-c2nnc(C3COc4ccccc4O3)o2)cc1. The maximum atomic E-state index is 5.87. The van der Waals surface area contributed by atoms with Crippen LogP contribution in [0.3, 0.4) is 0 Å². The molecule has 0 saturated heterocycles. The Kier molecular flexibility index (Phi) is 3.20. The third-order valence-electron chi connectivity index (χ3n) is 3.32. The Morgan fingerprint density at radius 2 is 1.73 bits per heavy atom. The molecular weight excluding hydrogens is 304 g/mol. The van der Waals surface area contributed by atoms with Gasteiger partial charge in [0.15, 0.2) is 11.5 Å². The molecule has 0 fully saturated rings. The number of hydrogen-bond acceptors (Lipinski definition) is 5. The van der Waals surface area contributed by atoms with E-state index in [2.05, 4.69) is 10.2 Å². The van der Waals surface area contributed by atoms with E-state index in [-0.39, 0.29) is 0 Å². The van der Waals surface area contributed by atoms with Crippen LogP contribution < -0.4 is 9.47 Å². The molecule has 0 saturated carbocycles. The third-order valence-corrected chi connectivity index (χ3v) is 3.57. The van der Waals surface area contributed by atoms with Crippen LogP contribution in [0.5, 0.6) is 11.5 Å². The molecule has 2 aromatic carbocycles. The molecule has 1 unspecified atom stereocenters. The summed E-state index contributed by atoms with van der Waals surface area (Å²) in [5.74, 6) is 2.20. The minimum atomic E-state index is -0.413. The van der Waals surface area contributed by atoms with Gasteiger partial charge >= 0.3 is 0 Å². The van der Waals surface area contributed by atoms with Crippen LogP contribution in [0.25, 0.3) is 11.5 Å². The Morgan fingerprint density at radius 3 is 2.55 bits per heavy atom. The van der Waals surface area contributed by atoms with Gasteiger partial charge in [0.25, 0.3) is 5.89 Å². The second-order valence-electron chi connectivity index (χ2n) is 4.82. The van der Waals surface area contributed by atoms with Crippen LogP contribution in [0.1, 0.15) is 12.0 Å². The van der Waals surface area contributed by atoms with Crippen LogP contribution in [-0.2, 0) is 0 Å².